The molecule has 0 amide bonds. The Morgan fingerprint density at radius 2 is 2.38 bits per heavy atom. The minimum absolute atomic E-state index is 0.794. The Bertz CT molecular complexity index is 147. The first-order valence-corrected chi connectivity index (χ1v) is 2.90. The lowest BCUT2D eigenvalue weighted by atomic mass is 10.4. The molecule has 0 spiro atoms. The average molecular weight is 125 g/mol. The van der Waals surface area contributed by atoms with Crippen molar-refractivity contribution in [2.24, 2.45) is 0 Å². The van der Waals surface area contributed by atoms with E-state index in [0.29, 0.717) is 0 Å². The summed E-state index contributed by atoms with van der Waals surface area (Å²) in [4.78, 5) is 0.954. The Morgan fingerprint density at radius 3 is 3.25 bits per heavy atom. The minimum atomic E-state index is 0.794. The number of hydrogen-bond acceptors (Lipinski definition) is 2. The van der Waals surface area contributed by atoms with E-state index in [9.17, 15) is 0 Å². The minimum Gasteiger partial charge on any atom is -0.386 e. The topological polar surface area (TPSA) is 12.0 Å². The quantitative estimate of drug-likeness (QED) is 0.485. The molecule has 1 nitrogen and oxygen atoms in total. The Hall–Kier alpha value is -0.630. The van der Waals surface area contributed by atoms with Crippen molar-refractivity contribution in [1.82, 2.24) is 5.32 Å². The molecule has 0 saturated heterocycles. The van der Waals surface area contributed by atoms with Gasteiger partial charge >= 0.3 is 0 Å². The lowest BCUT2D eigenvalue weighted by Crippen LogP contribution is -2.12. The number of thiocarbonyl (C=S) groups is 1. The van der Waals surface area contributed by atoms with Gasteiger partial charge in [0.15, 0.2) is 0 Å². The van der Waals surface area contributed by atoms with Gasteiger partial charge in [-0.1, -0.05) is 18.3 Å². The highest BCUT2D eigenvalue weighted by molar-refractivity contribution is 7.80. The molecule has 8 heavy (non-hydrogen) atoms. The second-order valence-corrected chi connectivity index (χ2v) is 2.09. The van der Waals surface area contributed by atoms with Crippen LogP contribution in [0.25, 0.3) is 0 Å². The van der Waals surface area contributed by atoms with Gasteiger partial charge in [-0.3, -0.25) is 0 Å². The highest BCUT2D eigenvalue weighted by Crippen LogP contribution is 1.85. The zero-order valence-electron chi connectivity index (χ0n) is 4.42. The largest absolute Gasteiger partial charge is 0.386 e. The maximum Gasteiger partial charge on any atom is 0.0497 e. The van der Waals surface area contributed by atoms with Crippen LogP contribution in [-0.2, 0) is 0 Å². The average Bonchev–Trinajstić information content (AvgIpc) is 1.94. The van der Waals surface area contributed by atoms with Crippen LogP contribution < -0.4 is 5.32 Å². The Kier molecular flexibility index (Phi) is 1.80. The van der Waals surface area contributed by atoms with Gasteiger partial charge in [-0.15, -0.1) is 0 Å². The van der Waals surface area contributed by atoms with E-state index in [0.717, 1.165) is 11.4 Å². The number of rotatable bonds is 0. The molecule has 0 radical (unpaired) electrons. The van der Waals surface area contributed by atoms with E-state index >= 15 is 0 Å². The molecule has 0 aliphatic carbocycles. The lowest BCUT2D eigenvalue weighted by Gasteiger charge is -1.92. The fraction of sp³-hybridized carbons (Fsp3) is 0.167. The molecule has 0 fully saturated rings. The zero-order chi connectivity index (χ0) is 5.82. The van der Waals surface area contributed by atoms with E-state index in [-0.39, 0.29) is 0 Å². The monoisotopic (exact) mass is 125 g/mol. The van der Waals surface area contributed by atoms with E-state index in [1.807, 2.05) is 24.4 Å². The molecule has 0 aromatic carbocycles. The van der Waals surface area contributed by atoms with Crippen molar-refractivity contribution in [1.29, 1.82) is 0 Å². The molecule has 1 aliphatic heterocycles. The summed E-state index contributed by atoms with van der Waals surface area (Å²) in [5, 5.41) is 3.01. The summed E-state index contributed by atoms with van der Waals surface area (Å²) in [6, 6.07) is 0. The summed E-state index contributed by atoms with van der Waals surface area (Å²) < 4.78 is 0. The van der Waals surface area contributed by atoms with Crippen LogP contribution in [0.15, 0.2) is 24.4 Å². The maximum atomic E-state index is 4.90. The SMILES string of the molecule is S=C1C=CC=CNC1. The van der Waals surface area contributed by atoms with Gasteiger partial charge in [0.1, 0.15) is 0 Å². The second kappa shape index (κ2) is 2.62. The van der Waals surface area contributed by atoms with Gasteiger partial charge < -0.3 is 5.32 Å². The molecule has 0 aromatic rings. The molecule has 1 heterocycles. The van der Waals surface area contributed by atoms with Crippen LogP contribution in [0.3, 0.4) is 0 Å². The Labute approximate surface area is 54.1 Å². The second-order valence-electron chi connectivity index (χ2n) is 1.57. The summed E-state index contributed by atoms with van der Waals surface area (Å²) >= 11 is 4.90. The van der Waals surface area contributed by atoms with Crippen molar-refractivity contribution in [2.45, 2.75) is 0 Å². The van der Waals surface area contributed by atoms with Gasteiger partial charge in [-0.05, 0) is 18.4 Å². The summed E-state index contributed by atoms with van der Waals surface area (Å²) in [6.07, 6.45) is 7.67. The molecule has 1 N–H and O–H groups in total. The van der Waals surface area contributed by atoms with Crippen molar-refractivity contribution >= 4 is 17.1 Å². The van der Waals surface area contributed by atoms with Gasteiger partial charge in [0.2, 0.25) is 0 Å². The fourth-order valence-corrected chi connectivity index (χ4v) is 0.667. The molecule has 0 unspecified atom stereocenters. The molecule has 2 heteroatoms. The molecule has 0 saturated carbocycles. The predicted molar refractivity (Wildman–Crippen MR) is 38.9 cm³/mol. The van der Waals surface area contributed by atoms with Crippen molar-refractivity contribution in [3.8, 4) is 0 Å². The highest BCUT2D eigenvalue weighted by atomic mass is 32.1. The molecule has 0 bridgehead atoms. The molecular weight excluding hydrogens is 118 g/mol. The van der Waals surface area contributed by atoms with Crippen molar-refractivity contribution < 1.29 is 0 Å². The molecule has 1 rings (SSSR count). The Morgan fingerprint density at radius 1 is 1.50 bits per heavy atom. The van der Waals surface area contributed by atoms with Gasteiger partial charge in [0, 0.05) is 11.4 Å². The van der Waals surface area contributed by atoms with Crippen molar-refractivity contribution in [3.63, 3.8) is 0 Å². The third kappa shape index (κ3) is 1.46. The molecule has 0 atom stereocenters. The van der Waals surface area contributed by atoms with Gasteiger partial charge in [0.05, 0.1) is 0 Å². The van der Waals surface area contributed by atoms with Crippen molar-refractivity contribution in [3.05, 3.63) is 24.4 Å². The summed E-state index contributed by atoms with van der Waals surface area (Å²) in [5.74, 6) is 0. The third-order valence-corrected chi connectivity index (χ3v) is 1.16. The number of nitrogens with one attached hydrogen (secondary N) is 1. The summed E-state index contributed by atoms with van der Waals surface area (Å²) in [7, 11) is 0. The van der Waals surface area contributed by atoms with E-state index in [4.69, 9.17) is 12.2 Å². The van der Waals surface area contributed by atoms with E-state index in [2.05, 4.69) is 5.32 Å². The van der Waals surface area contributed by atoms with Crippen LogP contribution >= 0.6 is 12.2 Å². The zero-order valence-corrected chi connectivity index (χ0v) is 5.24. The number of hydrogen-bond donors (Lipinski definition) is 1. The Balaban J connectivity index is 2.58. The molecule has 1 aliphatic rings. The lowest BCUT2D eigenvalue weighted by molar-refractivity contribution is 1.03. The van der Waals surface area contributed by atoms with E-state index in [1.165, 1.54) is 0 Å². The van der Waals surface area contributed by atoms with Gasteiger partial charge in [0.25, 0.3) is 0 Å². The van der Waals surface area contributed by atoms with Crippen molar-refractivity contribution in [2.75, 3.05) is 6.54 Å². The maximum absolute atomic E-state index is 4.90. The first kappa shape index (κ1) is 5.51. The van der Waals surface area contributed by atoms with E-state index in [1.54, 1.807) is 0 Å². The fourth-order valence-electron chi connectivity index (χ4n) is 0.505. The summed E-state index contributed by atoms with van der Waals surface area (Å²) in [5.41, 5.74) is 0. The van der Waals surface area contributed by atoms with Gasteiger partial charge in [-0.2, -0.15) is 0 Å². The van der Waals surface area contributed by atoms with Crippen LogP contribution in [0.2, 0.25) is 0 Å². The van der Waals surface area contributed by atoms with E-state index < -0.39 is 0 Å². The molecule has 0 aromatic heterocycles. The molecule has 42 valence electrons. The smallest absolute Gasteiger partial charge is 0.0497 e. The highest BCUT2D eigenvalue weighted by Gasteiger charge is 1.87. The summed E-state index contributed by atoms with van der Waals surface area (Å²) in [6.45, 7) is 0.794. The number of allylic oxidation sites excluding steroid dienone is 2. The van der Waals surface area contributed by atoms with Crippen LogP contribution in [0.4, 0.5) is 0 Å². The van der Waals surface area contributed by atoms with Crippen LogP contribution in [0.1, 0.15) is 0 Å². The van der Waals surface area contributed by atoms with Crippen LogP contribution in [-0.4, -0.2) is 11.4 Å². The third-order valence-electron chi connectivity index (χ3n) is 0.884. The standard InChI is InChI=1S/C6H7NS/c8-6-3-1-2-4-7-5-6/h1-4,7H,5H2. The predicted octanol–water partition coefficient (Wildman–Crippen LogP) is 1.03. The first-order valence-electron chi connectivity index (χ1n) is 2.49. The normalized spacial score (nSPS) is 17.8. The van der Waals surface area contributed by atoms with Crippen LogP contribution in [0, 0.1) is 0 Å². The van der Waals surface area contributed by atoms with Gasteiger partial charge in [-0.25, -0.2) is 0 Å². The molecular formula is C6H7NS. The van der Waals surface area contributed by atoms with Crippen LogP contribution in [0.5, 0.6) is 0 Å². The first-order chi connectivity index (χ1) is 3.89.